The quantitative estimate of drug-likeness (QED) is 0.811. The van der Waals surface area contributed by atoms with Crippen LogP contribution in [-0.2, 0) is 15.8 Å². The third kappa shape index (κ3) is 5.75. The van der Waals surface area contributed by atoms with E-state index in [0.29, 0.717) is 25.1 Å². The van der Waals surface area contributed by atoms with Gasteiger partial charge in [0.25, 0.3) is 0 Å². The maximum atomic E-state index is 12.8. The molecule has 1 aromatic rings. The van der Waals surface area contributed by atoms with Gasteiger partial charge in [0.1, 0.15) is 0 Å². The summed E-state index contributed by atoms with van der Waals surface area (Å²) < 4.78 is 38.5. The van der Waals surface area contributed by atoms with Crippen molar-refractivity contribution in [1.29, 1.82) is 0 Å². The Hall–Kier alpha value is -2.05. The topological polar surface area (TPSA) is 57.6 Å². The Morgan fingerprint density at radius 3 is 2.73 bits per heavy atom. The molecule has 1 saturated heterocycles. The largest absolute Gasteiger partial charge is 0.481 e. The van der Waals surface area contributed by atoms with E-state index in [9.17, 15) is 22.8 Å². The number of amides is 1. The molecule has 1 amide bonds. The minimum atomic E-state index is -4.40. The first-order valence-corrected chi connectivity index (χ1v) is 8.83. The van der Waals surface area contributed by atoms with Crippen LogP contribution in [0.2, 0.25) is 0 Å². The first-order valence-electron chi connectivity index (χ1n) is 8.83. The second kappa shape index (κ2) is 8.56. The number of benzene rings is 1. The lowest BCUT2D eigenvalue weighted by molar-refractivity contribution is -0.138. The lowest BCUT2D eigenvalue weighted by atomic mass is 9.91. The molecule has 1 aliphatic rings. The molecule has 7 heteroatoms. The summed E-state index contributed by atoms with van der Waals surface area (Å²) in [6.45, 7) is 2.90. The summed E-state index contributed by atoms with van der Waals surface area (Å²) in [5.74, 6) is -1.07. The summed E-state index contributed by atoms with van der Waals surface area (Å²) in [5.41, 5.74) is -0.214. The predicted octanol–water partition coefficient (Wildman–Crippen LogP) is 4.30. The number of piperidine rings is 1. The summed E-state index contributed by atoms with van der Waals surface area (Å²) in [5, 5.41) is 8.78. The minimum absolute atomic E-state index is 0.0880. The van der Waals surface area contributed by atoms with Gasteiger partial charge in [0.05, 0.1) is 5.56 Å². The van der Waals surface area contributed by atoms with Crippen LogP contribution in [0.1, 0.15) is 56.1 Å². The van der Waals surface area contributed by atoms with Gasteiger partial charge in [-0.15, -0.1) is 0 Å². The maximum Gasteiger partial charge on any atom is 0.416 e. The number of carbonyl (C=O) groups is 2. The highest BCUT2D eigenvalue weighted by molar-refractivity contribution is 5.77. The average Bonchev–Trinajstić information content (AvgIpc) is 2.59. The van der Waals surface area contributed by atoms with Crippen molar-refractivity contribution in [1.82, 2.24) is 4.90 Å². The molecule has 1 aliphatic heterocycles. The zero-order chi connectivity index (χ0) is 19.3. The van der Waals surface area contributed by atoms with Crippen molar-refractivity contribution in [2.45, 2.75) is 51.1 Å². The summed E-state index contributed by atoms with van der Waals surface area (Å²) >= 11 is 0. The van der Waals surface area contributed by atoms with Gasteiger partial charge in [-0.2, -0.15) is 13.2 Å². The van der Waals surface area contributed by atoms with Crippen LogP contribution in [0, 0.1) is 5.92 Å². The van der Waals surface area contributed by atoms with Crippen LogP contribution in [0.15, 0.2) is 24.3 Å². The van der Waals surface area contributed by atoms with Crippen molar-refractivity contribution in [3.63, 3.8) is 0 Å². The van der Waals surface area contributed by atoms with Crippen LogP contribution in [0.25, 0.3) is 0 Å². The fraction of sp³-hybridized carbons (Fsp3) is 0.579. The normalized spacial score (nSPS) is 19.2. The van der Waals surface area contributed by atoms with Gasteiger partial charge in [0, 0.05) is 25.9 Å². The fourth-order valence-electron chi connectivity index (χ4n) is 3.39. The van der Waals surface area contributed by atoms with Gasteiger partial charge in [-0.25, -0.2) is 0 Å². The van der Waals surface area contributed by atoms with E-state index in [-0.39, 0.29) is 30.6 Å². The summed E-state index contributed by atoms with van der Waals surface area (Å²) in [7, 11) is 0. The molecule has 0 aliphatic carbocycles. The number of carbonyl (C=O) groups excluding carboxylic acids is 1. The van der Waals surface area contributed by atoms with Crippen molar-refractivity contribution in [3.8, 4) is 0 Å². The van der Waals surface area contributed by atoms with Crippen molar-refractivity contribution in [3.05, 3.63) is 35.4 Å². The van der Waals surface area contributed by atoms with Crippen molar-refractivity contribution < 1.29 is 27.9 Å². The van der Waals surface area contributed by atoms with Gasteiger partial charge >= 0.3 is 12.1 Å². The highest BCUT2D eigenvalue weighted by atomic mass is 19.4. The van der Waals surface area contributed by atoms with E-state index in [1.807, 2.05) is 0 Å². The van der Waals surface area contributed by atoms with E-state index in [1.165, 1.54) is 6.07 Å². The Morgan fingerprint density at radius 2 is 2.08 bits per heavy atom. The monoisotopic (exact) mass is 371 g/mol. The van der Waals surface area contributed by atoms with Gasteiger partial charge in [-0.3, -0.25) is 9.59 Å². The van der Waals surface area contributed by atoms with Crippen LogP contribution >= 0.6 is 0 Å². The summed E-state index contributed by atoms with van der Waals surface area (Å²) in [6.07, 6.45) is -1.89. The molecule has 4 nitrogen and oxygen atoms in total. The SMILES string of the molecule is C[C@@H](CC(=O)N1CCC[C@@H](CCC(=O)O)C1)c1cccc(C(F)(F)F)c1. The molecule has 2 rings (SSSR count). The third-order valence-electron chi connectivity index (χ3n) is 4.90. The third-order valence-corrected chi connectivity index (χ3v) is 4.90. The van der Waals surface area contributed by atoms with Gasteiger partial charge < -0.3 is 10.0 Å². The zero-order valence-electron chi connectivity index (χ0n) is 14.8. The predicted molar refractivity (Wildman–Crippen MR) is 90.6 cm³/mol. The van der Waals surface area contributed by atoms with E-state index in [4.69, 9.17) is 5.11 Å². The van der Waals surface area contributed by atoms with Gasteiger partial charge in [-0.05, 0) is 42.7 Å². The second-order valence-electron chi connectivity index (χ2n) is 7.01. The van der Waals surface area contributed by atoms with Gasteiger partial charge in [0.2, 0.25) is 5.91 Å². The Bertz CT molecular complexity index is 645. The number of likely N-dealkylation sites (tertiary alicyclic amines) is 1. The minimum Gasteiger partial charge on any atom is -0.481 e. The lowest BCUT2D eigenvalue weighted by Crippen LogP contribution is -2.40. The number of halogens is 3. The van der Waals surface area contributed by atoms with Crippen LogP contribution in [0.5, 0.6) is 0 Å². The maximum absolute atomic E-state index is 12.8. The van der Waals surface area contributed by atoms with Crippen LogP contribution in [0.4, 0.5) is 13.2 Å². The summed E-state index contributed by atoms with van der Waals surface area (Å²) in [6, 6.07) is 5.10. The van der Waals surface area contributed by atoms with Crippen molar-refractivity contribution in [2.24, 2.45) is 5.92 Å². The molecule has 1 N–H and O–H groups in total. The number of alkyl halides is 3. The number of rotatable bonds is 6. The first kappa shape index (κ1) is 20.3. The van der Waals surface area contributed by atoms with E-state index in [2.05, 4.69) is 0 Å². The molecule has 1 heterocycles. The van der Waals surface area contributed by atoms with E-state index < -0.39 is 17.7 Å². The smallest absolute Gasteiger partial charge is 0.416 e. The van der Waals surface area contributed by atoms with Crippen LogP contribution in [0.3, 0.4) is 0 Å². The van der Waals surface area contributed by atoms with Gasteiger partial charge in [-0.1, -0.05) is 25.1 Å². The second-order valence-corrected chi connectivity index (χ2v) is 7.01. The molecule has 144 valence electrons. The molecule has 1 aromatic carbocycles. The molecule has 26 heavy (non-hydrogen) atoms. The molecular formula is C19H24F3NO3. The average molecular weight is 371 g/mol. The molecule has 1 fully saturated rings. The van der Waals surface area contributed by atoms with Crippen LogP contribution < -0.4 is 0 Å². The molecule has 2 atom stereocenters. The fourth-order valence-corrected chi connectivity index (χ4v) is 3.39. The number of hydrogen-bond donors (Lipinski definition) is 1. The number of nitrogens with zero attached hydrogens (tertiary/aromatic N) is 1. The Morgan fingerprint density at radius 1 is 1.35 bits per heavy atom. The van der Waals surface area contributed by atoms with E-state index >= 15 is 0 Å². The standard InChI is InChI=1S/C19H24F3NO3/c1-13(15-5-2-6-16(11-15)19(20,21)22)10-17(24)23-9-3-4-14(12-23)7-8-18(25)26/h2,5-6,11,13-14H,3-4,7-10,12H2,1H3,(H,25,26)/t13-,14-/m0/s1. The van der Waals surface area contributed by atoms with E-state index in [1.54, 1.807) is 17.9 Å². The Labute approximate surface area is 151 Å². The first-order chi connectivity index (χ1) is 12.2. The molecule has 0 saturated carbocycles. The number of aliphatic carboxylic acids is 1. The molecule has 0 spiro atoms. The summed E-state index contributed by atoms with van der Waals surface area (Å²) in [4.78, 5) is 25.0. The molecule has 0 radical (unpaired) electrons. The van der Waals surface area contributed by atoms with Gasteiger partial charge in [0.15, 0.2) is 0 Å². The van der Waals surface area contributed by atoms with Crippen LogP contribution in [-0.4, -0.2) is 35.0 Å². The number of carboxylic acids is 1. The van der Waals surface area contributed by atoms with Crippen molar-refractivity contribution >= 4 is 11.9 Å². The highest BCUT2D eigenvalue weighted by Gasteiger charge is 2.31. The lowest BCUT2D eigenvalue weighted by Gasteiger charge is -2.33. The highest BCUT2D eigenvalue weighted by Crippen LogP contribution is 2.32. The molecule has 0 bridgehead atoms. The molecule has 0 aromatic heterocycles. The number of carboxylic acid groups (broad SMARTS) is 1. The number of hydrogen-bond acceptors (Lipinski definition) is 2. The molecule has 0 unspecified atom stereocenters. The van der Waals surface area contributed by atoms with E-state index in [0.717, 1.165) is 25.0 Å². The molecular weight excluding hydrogens is 347 g/mol. The Balaban J connectivity index is 1.95. The zero-order valence-corrected chi connectivity index (χ0v) is 14.8. The Kier molecular flexibility index (Phi) is 6.67. The van der Waals surface area contributed by atoms with Crippen molar-refractivity contribution in [2.75, 3.05) is 13.1 Å².